The minimum absolute atomic E-state index is 0.0980. The van der Waals surface area contributed by atoms with Crippen molar-refractivity contribution in [3.05, 3.63) is 47.4 Å². The maximum Gasteiger partial charge on any atom is 0.312 e. The molecule has 0 bridgehead atoms. The van der Waals surface area contributed by atoms with Crippen LogP contribution in [-0.2, 0) is 17.6 Å². The summed E-state index contributed by atoms with van der Waals surface area (Å²) in [6.45, 7) is 0. The molecule has 0 aliphatic rings. The molecule has 0 fully saturated rings. The summed E-state index contributed by atoms with van der Waals surface area (Å²) in [6.07, 6.45) is 3.70. The molecule has 0 radical (unpaired) electrons. The van der Waals surface area contributed by atoms with Crippen molar-refractivity contribution in [1.82, 2.24) is 25.4 Å². The van der Waals surface area contributed by atoms with E-state index in [9.17, 15) is 4.79 Å². The Morgan fingerprint density at radius 3 is 2.92 bits per heavy atom. The van der Waals surface area contributed by atoms with E-state index in [4.69, 9.17) is 9.52 Å². The van der Waals surface area contributed by atoms with Crippen molar-refractivity contribution in [3.63, 3.8) is 0 Å². The Bertz CT molecular complexity index is 1010. The molecule has 2 N–H and O–H groups in total. The lowest BCUT2D eigenvalue weighted by Gasteiger charge is -1.95. The zero-order valence-corrected chi connectivity index (χ0v) is 13.1. The summed E-state index contributed by atoms with van der Waals surface area (Å²) in [5, 5.41) is 23.9. The fourth-order valence-electron chi connectivity index (χ4n) is 2.33. The van der Waals surface area contributed by atoms with E-state index >= 15 is 0 Å². The number of hydrogen-bond acceptors (Lipinski definition) is 7. The number of rotatable bonds is 5. The van der Waals surface area contributed by atoms with Crippen LogP contribution in [0.5, 0.6) is 0 Å². The summed E-state index contributed by atoms with van der Waals surface area (Å²) in [6, 6.07) is 6.04. The fraction of sp³-hybridized carbons (Fsp3) is 0.133. The van der Waals surface area contributed by atoms with Crippen LogP contribution in [0.25, 0.3) is 21.3 Å². The number of nitrogens with one attached hydrogen (secondary N) is 1. The van der Waals surface area contributed by atoms with Gasteiger partial charge in [-0.2, -0.15) is 5.10 Å². The number of hydrogen-bond donors (Lipinski definition) is 2. The van der Waals surface area contributed by atoms with Crippen LogP contribution in [0.2, 0.25) is 0 Å². The minimum atomic E-state index is -1.00. The van der Waals surface area contributed by atoms with Gasteiger partial charge in [0.15, 0.2) is 0 Å². The first-order valence-corrected chi connectivity index (χ1v) is 7.91. The Kier molecular flexibility index (Phi) is 3.54. The van der Waals surface area contributed by atoms with Gasteiger partial charge >= 0.3 is 5.97 Å². The third-order valence-electron chi connectivity index (χ3n) is 3.38. The Balaban J connectivity index is 1.58. The van der Waals surface area contributed by atoms with E-state index in [-0.39, 0.29) is 12.3 Å². The van der Waals surface area contributed by atoms with Crippen molar-refractivity contribution in [2.75, 3.05) is 0 Å². The summed E-state index contributed by atoms with van der Waals surface area (Å²) < 4.78 is 6.39. The predicted molar refractivity (Wildman–Crippen MR) is 85.6 cm³/mol. The van der Waals surface area contributed by atoms with Gasteiger partial charge in [0, 0.05) is 11.8 Å². The quantitative estimate of drug-likeness (QED) is 0.571. The average molecular weight is 341 g/mol. The second kappa shape index (κ2) is 5.85. The van der Waals surface area contributed by atoms with E-state index in [1.165, 1.54) is 0 Å². The molecule has 4 rings (SSSR count). The normalized spacial score (nSPS) is 11.2. The zero-order valence-electron chi connectivity index (χ0n) is 12.3. The van der Waals surface area contributed by atoms with Crippen LogP contribution in [0.1, 0.15) is 16.8 Å². The molecule has 0 saturated carbocycles. The van der Waals surface area contributed by atoms with Crippen molar-refractivity contribution in [2.45, 2.75) is 12.8 Å². The van der Waals surface area contributed by atoms with Crippen molar-refractivity contribution in [2.24, 2.45) is 0 Å². The van der Waals surface area contributed by atoms with Gasteiger partial charge < -0.3 is 9.52 Å². The second-order valence-electron chi connectivity index (χ2n) is 5.11. The first-order valence-electron chi connectivity index (χ1n) is 7.09. The SMILES string of the molecule is O=C(O)Cc1nnc(Cc2nc3cc(-c4cn[nH]c4)ccc3s2)o1. The van der Waals surface area contributed by atoms with Gasteiger partial charge in [-0.1, -0.05) is 6.07 Å². The number of benzene rings is 1. The molecule has 0 aliphatic carbocycles. The fourth-order valence-corrected chi connectivity index (χ4v) is 3.27. The molecule has 3 heterocycles. The number of aromatic amines is 1. The molecule has 8 nitrogen and oxygen atoms in total. The van der Waals surface area contributed by atoms with Crippen LogP contribution in [0.15, 0.2) is 35.0 Å². The third kappa shape index (κ3) is 2.88. The maximum absolute atomic E-state index is 10.6. The number of carboxylic acid groups (broad SMARTS) is 1. The zero-order chi connectivity index (χ0) is 16.5. The molecule has 0 spiro atoms. The minimum Gasteiger partial charge on any atom is -0.481 e. The Morgan fingerprint density at radius 1 is 1.25 bits per heavy atom. The highest BCUT2D eigenvalue weighted by molar-refractivity contribution is 7.18. The summed E-state index contributed by atoms with van der Waals surface area (Å²) in [7, 11) is 0. The molecule has 0 aliphatic heterocycles. The smallest absolute Gasteiger partial charge is 0.312 e. The lowest BCUT2D eigenvalue weighted by molar-refractivity contribution is -0.136. The molecular formula is C15H11N5O3S. The highest BCUT2D eigenvalue weighted by Gasteiger charge is 2.13. The van der Waals surface area contributed by atoms with Crippen molar-refractivity contribution in [1.29, 1.82) is 0 Å². The van der Waals surface area contributed by atoms with E-state index in [1.807, 2.05) is 24.4 Å². The van der Waals surface area contributed by atoms with E-state index < -0.39 is 5.97 Å². The highest BCUT2D eigenvalue weighted by Crippen LogP contribution is 2.28. The molecule has 120 valence electrons. The van der Waals surface area contributed by atoms with E-state index in [0.717, 1.165) is 26.4 Å². The van der Waals surface area contributed by atoms with Crippen molar-refractivity contribution < 1.29 is 14.3 Å². The monoisotopic (exact) mass is 341 g/mol. The van der Waals surface area contributed by atoms with E-state index in [2.05, 4.69) is 25.4 Å². The first kappa shape index (κ1) is 14.5. The summed E-state index contributed by atoms with van der Waals surface area (Å²) in [5.41, 5.74) is 2.93. The predicted octanol–water partition coefficient (Wildman–Crippen LogP) is 2.29. The van der Waals surface area contributed by atoms with Gasteiger partial charge in [0.1, 0.15) is 11.4 Å². The van der Waals surface area contributed by atoms with E-state index in [0.29, 0.717) is 12.3 Å². The first-order chi connectivity index (χ1) is 11.7. The van der Waals surface area contributed by atoms with Gasteiger partial charge in [0.2, 0.25) is 11.8 Å². The molecule has 0 atom stereocenters. The summed E-state index contributed by atoms with van der Waals surface area (Å²) in [5.74, 6) is -0.543. The molecule has 0 amide bonds. The van der Waals surface area contributed by atoms with Gasteiger partial charge in [-0.25, -0.2) is 4.98 Å². The number of carboxylic acids is 1. The number of carbonyl (C=O) groups is 1. The van der Waals surface area contributed by atoms with Gasteiger partial charge in [-0.3, -0.25) is 9.89 Å². The number of aromatic nitrogens is 5. The van der Waals surface area contributed by atoms with Crippen LogP contribution in [-0.4, -0.2) is 36.5 Å². The van der Waals surface area contributed by atoms with Crippen LogP contribution >= 0.6 is 11.3 Å². The number of fused-ring (bicyclic) bond motifs is 1. The van der Waals surface area contributed by atoms with Gasteiger partial charge in [0.05, 0.1) is 22.8 Å². The van der Waals surface area contributed by atoms with Crippen LogP contribution in [0.3, 0.4) is 0 Å². The van der Waals surface area contributed by atoms with Crippen molar-refractivity contribution >= 4 is 27.5 Å². The molecule has 0 unspecified atom stereocenters. The number of thiazole rings is 1. The van der Waals surface area contributed by atoms with Crippen LogP contribution < -0.4 is 0 Å². The average Bonchev–Trinajstić information content (AvgIpc) is 3.26. The maximum atomic E-state index is 10.6. The second-order valence-corrected chi connectivity index (χ2v) is 6.23. The summed E-state index contributed by atoms with van der Waals surface area (Å²) >= 11 is 1.54. The Labute approximate surface area is 139 Å². The number of H-pyrrole nitrogens is 1. The Hall–Kier alpha value is -3.07. The van der Waals surface area contributed by atoms with Crippen LogP contribution in [0, 0.1) is 0 Å². The van der Waals surface area contributed by atoms with E-state index in [1.54, 1.807) is 17.5 Å². The van der Waals surface area contributed by atoms with Gasteiger partial charge in [-0.05, 0) is 17.7 Å². The topological polar surface area (TPSA) is 118 Å². The van der Waals surface area contributed by atoms with Crippen molar-refractivity contribution in [3.8, 4) is 11.1 Å². The Morgan fingerprint density at radius 2 is 2.12 bits per heavy atom. The molecule has 4 aromatic rings. The largest absolute Gasteiger partial charge is 0.481 e. The molecule has 0 saturated heterocycles. The van der Waals surface area contributed by atoms with Crippen LogP contribution in [0.4, 0.5) is 0 Å². The molecule has 1 aromatic carbocycles. The summed E-state index contributed by atoms with van der Waals surface area (Å²) in [4.78, 5) is 15.2. The lowest BCUT2D eigenvalue weighted by Crippen LogP contribution is -1.99. The molecule has 3 aromatic heterocycles. The number of nitrogens with zero attached hydrogens (tertiary/aromatic N) is 4. The standard InChI is InChI=1S/C15H11N5O3S/c21-15(22)5-13-20-19-12(23-13)4-14-18-10-3-8(1-2-11(10)24-14)9-6-16-17-7-9/h1-3,6-7H,4-5H2,(H,16,17)(H,21,22). The lowest BCUT2D eigenvalue weighted by atomic mass is 10.1. The molecule has 24 heavy (non-hydrogen) atoms. The van der Waals surface area contributed by atoms with Gasteiger partial charge in [-0.15, -0.1) is 21.5 Å². The molecular weight excluding hydrogens is 330 g/mol. The molecule has 9 heteroatoms. The van der Waals surface area contributed by atoms with Gasteiger partial charge in [0.25, 0.3) is 0 Å². The number of aliphatic carboxylic acids is 1. The third-order valence-corrected chi connectivity index (χ3v) is 4.41. The highest BCUT2D eigenvalue weighted by atomic mass is 32.1.